The molecule has 140 valence electrons. The molecule has 0 saturated carbocycles. The van der Waals surface area contributed by atoms with Crippen LogP contribution >= 0.6 is 11.3 Å². The highest BCUT2D eigenvalue weighted by atomic mass is 32.1. The molecule has 1 atom stereocenters. The molecule has 1 N–H and O–H groups in total. The summed E-state index contributed by atoms with van der Waals surface area (Å²) in [5, 5.41) is 0.732. The third kappa shape index (κ3) is 3.73. The number of hydrogen-bond acceptors (Lipinski definition) is 4. The fourth-order valence-corrected chi connectivity index (χ4v) is 4.34. The van der Waals surface area contributed by atoms with Crippen LogP contribution in [0.1, 0.15) is 45.0 Å². The summed E-state index contributed by atoms with van der Waals surface area (Å²) in [7, 11) is 0. The Hall–Kier alpha value is -2.67. The Morgan fingerprint density at radius 2 is 2.19 bits per heavy atom. The number of aryl methyl sites for hydroxylation is 1. The van der Waals surface area contributed by atoms with Gasteiger partial charge in [-0.3, -0.25) is 4.79 Å². The molecule has 27 heavy (non-hydrogen) atoms. The fraction of sp³-hybridized carbons (Fsp3) is 0.300. The van der Waals surface area contributed by atoms with Gasteiger partial charge in [0, 0.05) is 18.4 Å². The Bertz CT molecular complexity index is 921. The van der Waals surface area contributed by atoms with Crippen LogP contribution in [0.3, 0.4) is 0 Å². The number of likely N-dealkylation sites (tertiary alicyclic amines) is 1. The van der Waals surface area contributed by atoms with Crippen LogP contribution in [0.5, 0.6) is 5.75 Å². The summed E-state index contributed by atoms with van der Waals surface area (Å²) in [5.74, 6) is 0.293. The first-order valence-electron chi connectivity index (χ1n) is 8.91. The average molecular weight is 385 g/mol. The number of nitrogens with zero attached hydrogens (tertiary/aromatic N) is 2. The lowest BCUT2D eigenvalue weighted by Gasteiger charge is -2.23. The Kier molecular flexibility index (Phi) is 4.94. The van der Waals surface area contributed by atoms with Crippen LogP contribution in [0.25, 0.3) is 0 Å². The van der Waals surface area contributed by atoms with Crippen molar-refractivity contribution < 1.29 is 13.9 Å². The molecule has 1 fully saturated rings. The van der Waals surface area contributed by atoms with Gasteiger partial charge in [0.15, 0.2) is 0 Å². The third-order valence-electron chi connectivity index (χ3n) is 4.71. The van der Waals surface area contributed by atoms with Crippen molar-refractivity contribution in [3.05, 3.63) is 69.7 Å². The molecule has 5 nitrogen and oxygen atoms in total. The van der Waals surface area contributed by atoms with E-state index in [0.29, 0.717) is 10.6 Å². The van der Waals surface area contributed by atoms with Crippen LogP contribution in [0.15, 0.2) is 42.6 Å². The van der Waals surface area contributed by atoms with Gasteiger partial charge in [0.2, 0.25) is 0 Å². The van der Waals surface area contributed by atoms with Gasteiger partial charge < -0.3 is 14.6 Å². The first-order valence-corrected chi connectivity index (χ1v) is 9.72. The van der Waals surface area contributed by atoms with E-state index in [0.717, 1.165) is 35.8 Å². The van der Waals surface area contributed by atoms with E-state index in [9.17, 15) is 9.18 Å². The summed E-state index contributed by atoms with van der Waals surface area (Å²) >= 11 is 1.36. The fourth-order valence-electron chi connectivity index (χ4n) is 3.40. The molecule has 1 amide bonds. The lowest BCUT2D eigenvalue weighted by Crippen LogP contribution is -2.30. The number of hydrogen-bond donors (Lipinski definition) is 1. The quantitative estimate of drug-likeness (QED) is 0.705. The van der Waals surface area contributed by atoms with E-state index in [4.69, 9.17) is 4.74 Å². The number of carbonyl (C=O) groups is 1. The summed E-state index contributed by atoms with van der Waals surface area (Å²) < 4.78 is 18.6. The highest BCUT2D eigenvalue weighted by molar-refractivity contribution is 7.13. The summed E-state index contributed by atoms with van der Waals surface area (Å²) in [4.78, 5) is 23.4. The first-order chi connectivity index (χ1) is 13.1. The zero-order chi connectivity index (χ0) is 18.8. The highest BCUT2D eigenvalue weighted by Gasteiger charge is 2.33. The van der Waals surface area contributed by atoms with E-state index in [-0.39, 0.29) is 24.4 Å². The number of aromatic nitrogens is 2. The second kappa shape index (κ2) is 7.52. The van der Waals surface area contributed by atoms with Crippen LogP contribution < -0.4 is 4.74 Å². The second-order valence-electron chi connectivity index (χ2n) is 6.55. The molecule has 0 aliphatic carbocycles. The average Bonchev–Trinajstić information content (AvgIpc) is 3.41. The van der Waals surface area contributed by atoms with Gasteiger partial charge in [-0.15, -0.1) is 11.3 Å². The lowest BCUT2D eigenvalue weighted by molar-refractivity contribution is 0.0737. The van der Waals surface area contributed by atoms with Crippen molar-refractivity contribution in [3.8, 4) is 5.75 Å². The Balaban J connectivity index is 1.47. The van der Waals surface area contributed by atoms with Gasteiger partial charge >= 0.3 is 0 Å². The molecule has 1 aliphatic heterocycles. The van der Waals surface area contributed by atoms with Gasteiger partial charge in [0.25, 0.3) is 5.91 Å². The van der Waals surface area contributed by atoms with Crippen LogP contribution in [0.2, 0.25) is 0 Å². The molecular weight excluding hydrogens is 365 g/mol. The maximum absolute atomic E-state index is 13.1. The molecule has 1 aliphatic rings. The van der Waals surface area contributed by atoms with E-state index in [1.165, 1.54) is 23.5 Å². The highest BCUT2D eigenvalue weighted by Crippen LogP contribution is 2.34. The van der Waals surface area contributed by atoms with E-state index >= 15 is 0 Å². The number of H-pyrrole nitrogens is 1. The van der Waals surface area contributed by atoms with Gasteiger partial charge in [-0.05, 0) is 56.2 Å². The minimum Gasteiger partial charge on any atom is -0.486 e. The Morgan fingerprint density at radius 1 is 1.37 bits per heavy atom. The van der Waals surface area contributed by atoms with E-state index in [1.54, 1.807) is 12.1 Å². The molecule has 1 aromatic carbocycles. The molecular formula is C20H20FN3O2S. The topological polar surface area (TPSA) is 58.2 Å². The Morgan fingerprint density at radius 3 is 2.93 bits per heavy atom. The van der Waals surface area contributed by atoms with Crippen LogP contribution in [-0.4, -0.2) is 27.3 Å². The van der Waals surface area contributed by atoms with Gasteiger partial charge in [0.05, 0.1) is 11.7 Å². The van der Waals surface area contributed by atoms with Gasteiger partial charge in [0.1, 0.15) is 28.1 Å². The number of aromatic amines is 1. The van der Waals surface area contributed by atoms with Crippen LogP contribution in [0.4, 0.5) is 4.39 Å². The van der Waals surface area contributed by atoms with Crippen molar-refractivity contribution in [2.75, 3.05) is 6.54 Å². The number of ether oxygens (including phenoxy) is 1. The van der Waals surface area contributed by atoms with Crippen molar-refractivity contribution in [1.29, 1.82) is 0 Å². The van der Waals surface area contributed by atoms with Gasteiger partial charge in [-0.1, -0.05) is 0 Å². The van der Waals surface area contributed by atoms with Crippen LogP contribution in [-0.2, 0) is 6.61 Å². The Labute approximate surface area is 160 Å². The molecule has 7 heteroatoms. The normalized spacial score (nSPS) is 16.7. The van der Waals surface area contributed by atoms with E-state index in [2.05, 4.69) is 9.97 Å². The molecule has 2 aromatic heterocycles. The zero-order valence-electron chi connectivity index (χ0n) is 14.9. The predicted octanol–water partition coefficient (Wildman–Crippen LogP) is 4.48. The number of amides is 1. The summed E-state index contributed by atoms with van der Waals surface area (Å²) in [6.07, 6.45) is 3.84. The molecule has 3 heterocycles. The van der Waals surface area contributed by atoms with Crippen molar-refractivity contribution >= 4 is 17.2 Å². The third-order valence-corrected chi connectivity index (χ3v) is 5.82. The van der Waals surface area contributed by atoms with E-state index < -0.39 is 0 Å². The van der Waals surface area contributed by atoms with Gasteiger partial charge in [-0.2, -0.15) is 0 Å². The number of nitrogens with one attached hydrogen (secondary N) is 1. The molecule has 0 radical (unpaired) electrons. The smallest absolute Gasteiger partial charge is 0.266 e. The largest absolute Gasteiger partial charge is 0.486 e. The summed E-state index contributed by atoms with van der Waals surface area (Å²) in [5.41, 5.74) is 1.79. The van der Waals surface area contributed by atoms with Gasteiger partial charge in [-0.25, -0.2) is 9.37 Å². The standard InChI is InChI=1S/C20H20FN3O2S/c1-13-19(20(25)24-11-3-5-17(24)16-4-2-10-22-16)27-18(23-13)12-26-15-8-6-14(21)7-9-15/h2,4,6-10,17,22H,3,5,11-12H2,1H3/t17-/m1/s1. The summed E-state index contributed by atoms with van der Waals surface area (Å²) in [6.45, 7) is 2.86. The number of halogens is 1. The van der Waals surface area contributed by atoms with Crippen molar-refractivity contribution in [1.82, 2.24) is 14.9 Å². The number of rotatable bonds is 5. The molecule has 0 bridgehead atoms. The number of carbonyl (C=O) groups excluding carboxylic acids is 1. The monoisotopic (exact) mass is 385 g/mol. The second-order valence-corrected chi connectivity index (χ2v) is 7.63. The minimum atomic E-state index is -0.303. The first kappa shape index (κ1) is 17.7. The SMILES string of the molecule is Cc1nc(COc2ccc(F)cc2)sc1C(=O)N1CCC[C@@H]1c1ccc[nH]1. The predicted molar refractivity (Wildman–Crippen MR) is 101 cm³/mol. The maximum atomic E-state index is 13.1. The molecule has 1 saturated heterocycles. The van der Waals surface area contributed by atoms with Crippen molar-refractivity contribution in [2.24, 2.45) is 0 Å². The van der Waals surface area contributed by atoms with Crippen molar-refractivity contribution in [2.45, 2.75) is 32.4 Å². The van der Waals surface area contributed by atoms with Crippen LogP contribution in [0, 0.1) is 12.7 Å². The zero-order valence-corrected chi connectivity index (χ0v) is 15.8. The van der Waals surface area contributed by atoms with Crippen molar-refractivity contribution in [3.63, 3.8) is 0 Å². The maximum Gasteiger partial charge on any atom is 0.266 e. The minimum absolute atomic E-state index is 0.0233. The van der Waals surface area contributed by atoms with E-state index in [1.807, 2.05) is 30.2 Å². The summed E-state index contributed by atoms with van der Waals surface area (Å²) in [6, 6.07) is 9.93. The number of benzene rings is 1. The molecule has 4 rings (SSSR count). The molecule has 0 unspecified atom stereocenters. The lowest BCUT2D eigenvalue weighted by atomic mass is 10.1. The molecule has 0 spiro atoms. The molecule has 3 aromatic rings. The number of thiazole rings is 1.